The van der Waals surface area contributed by atoms with E-state index in [0.29, 0.717) is 19.6 Å². The fourth-order valence-electron chi connectivity index (χ4n) is 4.91. The van der Waals surface area contributed by atoms with Crippen LogP contribution in [0.4, 0.5) is 0 Å². The molecule has 4 atom stereocenters. The number of aliphatic hydroxyl groups is 1. The van der Waals surface area contributed by atoms with Gasteiger partial charge in [0.15, 0.2) is 0 Å². The van der Waals surface area contributed by atoms with Crippen LogP contribution in [0.15, 0.2) is 48.5 Å². The number of phenols is 1. The Morgan fingerprint density at radius 2 is 1.75 bits per heavy atom. The summed E-state index contributed by atoms with van der Waals surface area (Å²) in [5.74, 6) is 0.945. The van der Waals surface area contributed by atoms with Gasteiger partial charge in [-0.15, -0.1) is 0 Å². The number of phenolic OH excluding ortho intramolecular Hbond substituents is 1. The minimum atomic E-state index is -0.395. The number of para-hydroxylation sites is 1. The topological polar surface area (TPSA) is 94.1 Å². The number of carbonyl (C=O) groups is 1. The van der Waals surface area contributed by atoms with Crippen molar-refractivity contribution in [2.75, 3.05) is 19.8 Å². The number of likely N-dealkylation sites (tertiary alicyclic amines) is 1. The number of aromatic hydroxyl groups is 1. The molecule has 2 saturated heterocycles. The minimum absolute atomic E-state index is 0.0127. The Morgan fingerprint density at radius 1 is 1.00 bits per heavy atom. The van der Waals surface area contributed by atoms with Crippen molar-refractivity contribution in [3.63, 3.8) is 0 Å². The van der Waals surface area contributed by atoms with Gasteiger partial charge in [0.05, 0.1) is 18.7 Å². The molecular formula is C25H33N3O4. The number of amides is 1. The molecule has 2 aromatic rings. The SMILES string of the molecule is CCCCCOc1ccc(C2C3C(NNC3c3ccccc3O)C(=O)N2CCCO)cc1. The van der Waals surface area contributed by atoms with Gasteiger partial charge in [-0.3, -0.25) is 4.79 Å². The standard InChI is InChI=1S/C25H33N3O4/c1-2-3-6-16-32-18-12-10-17(11-13-18)24-21-22(19-8-4-5-9-20(19)30)26-27-23(21)25(31)28(24)14-7-15-29/h4-5,8-13,21-24,26-27,29-30H,2-3,6-7,14-16H2,1H3. The van der Waals surface area contributed by atoms with Crippen LogP contribution in [0.3, 0.4) is 0 Å². The second kappa shape index (κ2) is 10.3. The van der Waals surface area contributed by atoms with Crippen LogP contribution in [-0.4, -0.2) is 46.8 Å². The monoisotopic (exact) mass is 439 g/mol. The van der Waals surface area contributed by atoms with Crippen molar-refractivity contribution in [2.24, 2.45) is 5.92 Å². The third-order valence-corrected chi connectivity index (χ3v) is 6.48. The summed E-state index contributed by atoms with van der Waals surface area (Å²) in [5, 5.41) is 19.8. The molecule has 0 spiro atoms. The summed E-state index contributed by atoms with van der Waals surface area (Å²) in [6.45, 7) is 3.39. The van der Waals surface area contributed by atoms with E-state index in [0.717, 1.165) is 36.1 Å². The molecule has 2 aliphatic heterocycles. The zero-order valence-corrected chi connectivity index (χ0v) is 18.5. The van der Waals surface area contributed by atoms with Gasteiger partial charge < -0.3 is 19.8 Å². The largest absolute Gasteiger partial charge is 0.508 e. The first-order valence-electron chi connectivity index (χ1n) is 11.6. The van der Waals surface area contributed by atoms with Crippen LogP contribution >= 0.6 is 0 Å². The van der Waals surface area contributed by atoms with Crippen LogP contribution < -0.4 is 15.6 Å². The van der Waals surface area contributed by atoms with Crippen LogP contribution in [0.2, 0.25) is 0 Å². The number of ether oxygens (including phenoxy) is 1. The molecule has 0 bridgehead atoms. The summed E-state index contributed by atoms with van der Waals surface area (Å²) < 4.78 is 5.86. The second-order valence-electron chi connectivity index (χ2n) is 8.56. The maximum absolute atomic E-state index is 13.3. The van der Waals surface area contributed by atoms with Gasteiger partial charge in [0.25, 0.3) is 0 Å². The number of benzene rings is 2. The average Bonchev–Trinajstić information content (AvgIpc) is 3.35. The fourth-order valence-corrected chi connectivity index (χ4v) is 4.91. The van der Waals surface area contributed by atoms with Crippen molar-refractivity contribution in [2.45, 2.75) is 50.7 Å². The molecule has 0 saturated carbocycles. The number of carbonyl (C=O) groups excluding carboxylic acids is 1. The van der Waals surface area contributed by atoms with Gasteiger partial charge in [0, 0.05) is 24.6 Å². The fraction of sp³-hybridized carbons (Fsp3) is 0.480. The lowest BCUT2D eigenvalue weighted by Crippen LogP contribution is -2.41. The molecule has 172 valence electrons. The van der Waals surface area contributed by atoms with Crippen molar-refractivity contribution in [3.05, 3.63) is 59.7 Å². The van der Waals surface area contributed by atoms with E-state index in [2.05, 4.69) is 17.8 Å². The normalized spacial score (nSPS) is 24.7. The molecule has 0 aliphatic carbocycles. The zero-order chi connectivity index (χ0) is 22.5. The first kappa shape index (κ1) is 22.6. The summed E-state index contributed by atoms with van der Waals surface area (Å²) in [6.07, 6.45) is 3.87. The van der Waals surface area contributed by atoms with Crippen molar-refractivity contribution < 1.29 is 19.7 Å². The van der Waals surface area contributed by atoms with E-state index < -0.39 is 6.04 Å². The third kappa shape index (κ3) is 4.46. The molecule has 4 rings (SSSR count). The summed E-state index contributed by atoms with van der Waals surface area (Å²) in [4.78, 5) is 15.1. The number of unbranched alkanes of at least 4 members (excludes halogenated alkanes) is 2. The van der Waals surface area contributed by atoms with E-state index in [9.17, 15) is 15.0 Å². The number of nitrogens with zero attached hydrogens (tertiary/aromatic N) is 1. The highest BCUT2D eigenvalue weighted by Crippen LogP contribution is 2.48. The van der Waals surface area contributed by atoms with Gasteiger partial charge in [0.1, 0.15) is 17.5 Å². The molecule has 2 aliphatic rings. The number of rotatable bonds is 10. The molecule has 32 heavy (non-hydrogen) atoms. The summed E-state index contributed by atoms with van der Waals surface area (Å²) in [7, 11) is 0. The quantitative estimate of drug-likeness (QED) is 0.425. The first-order valence-corrected chi connectivity index (χ1v) is 11.6. The maximum atomic E-state index is 13.3. The third-order valence-electron chi connectivity index (χ3n) is 6.48. The highest BCUT2D eigenvalue weighted by atomic mass is 16.5. The lowest BCUT2D eigenvalue weighted by molar-refractivity contribution is -0.130. The molecule has 7 nitrogen and oxygen atoms in total. The van der Waals surface area contributed by atoms with E-state index >= 15 is 0 Å². The van der Waals surface area contributed by atoms with E-state index in [1.807, 2.05) is 41.3 Å². The van der Waals surface area contributed by atoms with E-state index in [4.69, 9.17) is 4.74 Å². The number of aliphatic hydroxyl groups excluding tert-OH is 1. The Bertz CT molecular complexity index is 904. The predicted molar refractivity (Wildman–Crippen MR) is 122 cm³/mol. The van der Waals surface area contributed by atoms with Gasteiger partial charge in [-0.2, -0.15) is 0 Å². The molecule has 4 unspecified atom stereocenters. The summed E-state index contributed by atoms with van der Waals surface area (Å²) in [5.41, 5.74) is 8.20. The average molecular weight is 440 g/mol. The highest BCUT2D eigenvalue weighted by molar-refractivity contribution is 5.86. The number of hydrogen-bond acceptors (Lipinski definition) is 6. The number of fused-ring (bicyclic) bond motifs is 1. The van der Waals surface area contributed by atoms with Crippen LogP contribution in [0.25, 0.3) is 0 Å². The van der Waals surface area contributed by atoms with Crippen LogP contribution in [0.5, 0.6) is 11.5 Å². The molecule has 7 heteroatoms. The van der Waals surface area contributed by atoms with Crippen molar-refractivity contribution in [3.8, 4) is 11.5 Å². The van der Waals surface area contributed by atoms with Crippen LogP contribution in [-0.2, 0) is 4.79 Å². The number of hydrazine groups is 1. The van der Waals surface area contributed by atoms with Gasteiger partial charge >= 0.3 is 0 Å². The zero-order valence-electron chi connectivity index (χ0n) is 18.5. The van der Waals surface area contributed by atoms with Gasteiger partial charge in [-0.1, -0.05) is 50.1 Å². The maximum Gasteiger partial charge on any atom is 0.242 e. The Kier molecular flexibility index (Phi) is 7.29. The molecular weight excluding hydrogens is 406 g/mol. The summed E-state index contributed by atoms with van der Waals surface area (Å²) >= 11 is 0. The van der Waals surface area contributed by atoms with Gasteiger partial charge in [-0.25, -0.2) is 10.9 Å². The summed E-state index contributed by atoms with van der Waals surface area (Å²) in [6, 6.07) is 14.4. The highest BCUT2D eigenvalue weighted by Gasteiger charge is 2.55. The van der Waals surface area contributed by atoms with Gasteiger partial charge in [-0.05, 0) is 36.6 Å². The lowest BCUT2D eigenvalue weighted by Gasteiger charge is -2.31. The molecule has 0 aromatic heterocycles. The predicted octanol–water partition coefficient (Wildman–Crippen LogP) is 3.06. The lowest BCUT2D eigenvalue weighted by atomic mass is 9.83. The van der Waals surface area contributed by atoms with E-state index in [1.54, 1.807) is 12.1 Å². The number of hydrogen-bond donors (Lipinski definition) is 4. The molecule has 4 N–H and O–H groups in total. The molecule has 2 fully saturated rings. The van der Waals surface area contributed by atoms with Crippen LogP contribution in [0.1, 0.15) is 55.8 Å². The van der Waals surface area contributed by atoms with Gasteiger partial charge in [0.2, 0.25) is 5.91 Å². The smallest absolute Gasteiger partial charge is 0.242 e. The Morgan fingerprint density at radius 3 is 2.47 bits per heavy atom. The van der Waals surface area contributed by atoms with Crippen molar-refractivity contribution in [1.82, 2.24) is 15.8 Å². The first-order chi connectivity index (χ1) is 15.7. The van der Waals surface area contributed by atoms with Crippen LogP contribution in [0, 0.1) is 5.92 Å². The van der Waals surface area contributed by atoms with E-state index in [1.165, 1.54) is 0 Å². The Balaban J connectivity index is 1.61. The molecule has 2 aromatic carbocycles. The number of nitrogens with one attached hydrogen (secondary N) is 2. The molecule has 1 amide bonds. The van der Waals surface area contributed by atoms with Crippen molar-refractivity contribution >= 4 is 5.91 Å². The molecule has 2 heterocycles. The Hall–Kier alpha value is -2.61. The van der Waals surface area contributed by atoms with E-state index in [-0.39, 0.29) is 36.3 Å². The molecule has 0 radical (unpaired) electrons. The Labute approximate surface area is 189 Å². The second-order valence-corrected chi connectivity index (χ2v) is 8.56. The van der Waals surface area contributed by atoms with Crippen molar-refractivity contribution in [1.29, 1.82) is 0 Å². The minimum Gasteiger partial charge on any atom is -0.508 e.